The minimum absolute atomic E-state index is 0.0114. The number of rotatable bonds is 5. The van der Waals surface area contributed by atoms with E-state index in [9.17, 15) is 35.5 Å². The molecule has 1 aromatic rings. The van der Waals surface area contributed by atoms with E-state index in [0.717, 1.165) is 0 Å². The number of carbonyl (C=O) groups excluding carboxylic acids is 1. The molecule has 0 aliphatic heterocycles. The molecule has 0 N–H and O–H groups in total. The fraction of sp³-hybridized carbons (Fsp3) is 0.562. The quantitative estimate of drug-likeness (QED) is 0.550. The molecular formula is C16H18F7NO. The number of carbonyl (C=O) groups is 1. The number of benzene rings is 1. The third kappa shape index (κ3) is 4.13. The summed E-state index contributed by atoms with van der Waals surface area (Å²) in [4.78, 5) is 13.9. The molecular weight excluding hydrogens is 355 g/mol. The van der Waals surface area contributed by atoms with Crippen LogP contribution < -0.4 is 0 Å². The van der Waals surface area contributed by atoms with E-state index in [0.29, 0.717) is 18.7 Å². The van der Waals surface area contributed by atoms with Crippen molar-refractivity contribution in [3.8, 4) is 0 Å². The summed E-state index contributed by atoms with van der Waals surface area (Å²) >= 11 is 0. The molecule has 0 aliphatic carbocycles. The van der Waals surface area contributed by atoms with E-state index in [2.05, 4.69) is 0 Å². The van der Waals surface area contributed by atoms with Crippen molar-refractivity contribution in [2.24, 2.45) is 0 Å². The van der Waals surface area contributed by atoms with Gasteiger partial charge in [-0.25, -0.2) is 4.39 Å². The molecule has 0 aromatic heterocycles. The number of aryl methyl sites for hydroxylation is 2. The zero-order chi connectivity index (χ0) is 19.8. The van der Waals surface area contributed by atoms with E-state index in [1.54, 1.807) is 19.0 Å². The highest BCUT2D eigenvalue weighted by Gasteiger charge is 2.73. The minimum Gasteiger partial charge on any atom is -0.309 e. The van der Waals surface area contributed by atoms with Gasteiger partial charge in [-0.3, -0.25) is 4.79 Å². The van der Waals surface area contributed by atoms with Crippen LogP contribution in [0.1, 0.15) is 33.5 Å². The maximum Gasteiger partial charge on any atom is 0.435 e. The highest BCUT2D eigenvalue weighted by molar-refractivity contribution is 5.99. The Kier molecular flexibility index (Phi) is 5.94. The van der Waals surface area contributed by atoms with Crippen LogP contribution in [0.2, 0.25) is 0 Å². The first-order chi connectivity index (χ1) is 11.1. The summed E-state index contributed by atoms with van der Waals surface area (Å²) in [6.45, 7) is 2.73. The molecule has 1 rings (SSSR count). The molecule has 0 amide bonds. The molecule has 142 valence electrons. The Balaban J connectivity index is 3.45. The maximum atomic E-state index is 14.1. The van der Waals surface area contributed by atoms with Crippen molar-refractivity contribution >= 4 is 5.78 Å². The second-order valence-electron chi connectivity index (χ2n) is 6.12. The Morgan fingerprint density at radius 1 is 0.920 bits per heavy atom. The molecule has 25 heavy (non-hydrogen) atoms. The number of hydrogen-bond acceptors (Lipinski definition) is 2. The maximum absolute atomic E-state index is 14.1. The Bertz CT molecular complexity index is 610. The first-order valence-corrected chi connectivity index (χ1v) is 7.25. The molecule has 2 nitrogen and oxygen atoms in total. The standard InChI is InChI=1S/C16H18F7NO/c1-9-7-11(14(17,15(18,19)20)16(21,22)23)8-10(2)13(9)12(25)5-6-24(3)4/h7-8H,5-6H2,1-4H3. The Morgan fingerprint density at radius 2 is 1.32 bits per heavy atom. The van der Waals surface area contributed by atoms with Gasteiger partial charge >= 0.3 is 18.0 Å². The van der Waals surface area contributed by atoms with Crippen molar-refractivity contribution in [1.29, 1.82) is 0 Å². The molecule has 0 heterocycles. The van der Waals surface area contributed by atoms with E-state index in [-0.39, 0.29) is 23.1 Å². The van der Waals surface area contributed by atoms with Gasteiger partial charge in [-0.1, -0.05) is 12.1 Å². The van der Waals surface area contributed by atoms with Crippen molar-refractivity contribution in [2.75, 3.05) is 20.6 Å². The Hall–Kier alpha value is -1.64. The van der Waals surface area contributed by atoms with Crippen LogP contribution >= 0.6 is 0 Å². The lowest BCUT2D eigenvalue weighted by molar-refractivity contribution is -0.348. The highest BCUT2D eigenvalue weighted by atomic mass is 19.4. The van der Waals surface area contributed by atoms with Crippen molar-refractivity contribution in [1.82, 2.24) is 4.90 Å². The summed E-state index contributed by atoms with van der Waals surface area (Å²) in [5, 5.41) is 0. The second-order valence-corrected chi connectivity index (χ2v) is 6.12. The first kappa shape index (κ1) is 21.4. The number of ketones is 1. The van der Waals surface area contributed by atoms with E-state index < -0.39 is 29.4 Å². The van der Waals surface area contributed by atoms with Crippen LogP contribution in [0.15, 0.2) is 12.1 Å². The molecule has 0 saturated carbocycles. The van der Waals surface area contributed by atoms with Crippen LogP contribution in [0.5, 0.6) is 0 Å². The van der Waals surface area contributed by atoms with E-state index in [1.165, 1.54) is 13.8 Å². The fourth-order valence-electron chi connectivity index (χ4n) is 2.54. The lowest BCUT2D eigenvalue weighted by Gasteiger charge is -2.31. The van der Waals surface area contributed by atoms with Gasteiger partial charge in [0.15, 0.2) is 5.78 Å². The van der Waals surface area contributed by atoms with E-state index >= 15 is 0 Å². The van der Waals surface area contributed by atoms with Crippen molar-refractivity contribution < 1.29 is 35.5 Å². The van der Waals surface area contributed by atoms with Gasteiger partial charge in [0.2, 0.25) is 0 Å². The van der Waals surface area contributed by atoms with Crippen LogP contribution in [-0.4, -0.2) is 43.7 Å². The van der Waals surface area contributed by atoms with Crippen molar-refractivity contribution in [3.05, 3.63) is 34.4 Å². The zero-order valence-corrected chi connectivity index (χ0v) is 14.1. The molecule has 1 aromatic carbocycles. The van der Waals surface area contributed by atoms with Gasteiger partial charge in [0.1, 0.15) is 0 Å². The van der Waals surface area contributed by atoms with Crippen LogP contribution in [0.3, 0.4) is 0 Å². The predicted octanol–water partition coefficient (Wildman–Crippen LogP) is 4.73. The minimum atomic E-state index is -6.18. The van der Waals surface area contributed by atoms with Crippen LogP contribution in [0.25, 0.3) is 0 Å². The number of Topliss-reactive ketones (excluding diaryl/α,β-unsaturated/α-hetero) is 1. The molecule has 0 spiro atoms. The number of halogens is 7. The first-order valence-electron chi connectivity index (χ1n) is 7.25. The summed E-state index contributed by atoms with van der Waals surface area (Å²) in [5.41, 5.74) is -7.33. The van der Waals surface area contributed by atoms with Gasteiger partial charge in [-0.15, -0.1) is 0 Å². The fourth-order valence-corrected chi connectivity index (χ4v) is 2.54. The van der Waals surface area contributed by atoms with Gasteiger partial charge in [0.25, 0.3) is 0 Å². The predicted molar refractivity (Wildman–Crippen MR) is 78.3 cm³/mol. The summed E-state index contributed by atoms with van der Waals surface area (Å²) in [7, 11) is 3.42. The molecule has 0 radical (unpaired) electrons. The Morgan fingerprint density at radius 3 is 1.64 bits per heavy atom. The van der Waals surface area contributed by atoms with Gasteiger partial charge in [-0.05, 0) is 39.1 Å². The van der Waals surface area contributed by atoms with Gasteiger partial charge in [-0.2, -0.15) is 26.3 Å². The summed E-state index contributed by atoms with van der Waals surface area (Å²) in [6.07, 6.45) is -12.3. The normalized spacial score (nSPS) is 13.4. The molecule has 0 atom stereocenters. The van der Waals surface area contributed by atoms with Crippen molar-refractivity contribution in [2.45, 2.75) is 38.3 Å². The third-order valence-electron chi connectivity index (χ3n) is 3.78. The average Bonchev–Trinajstić information content (AvgIpc) is 2.40. The second kappa shape index (κ2) is 6.93. The molecule has 0 unspecified atom stereocenters. The van der Waals surface area contributed by atoms with E-state index in [1.807, 2.05) is 0 Å². The van der Waals surface area contributed by atoms with Crippen LogP contribution in [0, 0.1) is 13.8 Å². The molecule has 9 heteroatoms. The lowest BCUT2D eigenvalue weighted by atomic mass is 9.87. The topological polar surface area (TPSA) is 20.3 Å². The number of nitrogens with zero attached hydrogens (tertiary/aromatic N) is 1. The molecule has 0 saturated heterocycles. The Labute approximate surface area is 140 Å². The van der Waals surface area contributed by atoms with Gasteiger partial charge in [0, 0.05) is 24.1 Å². The largest absolute Gasteiger partial charge is 0.435 e. The monoisotopic (exact) mass is 373 g/mol. The summed E-state index contributed by atoms with van der Waals surface area (Å²) < 4.78 is 91.2. The molecule has 0 fully saturated rings. The number of hydrogen-bond donors (Lipinski definition) is 0. The van der Waals surface area contributed by atoms with Crippen LogP contribution in [-0.2, 0) is 5.67 Å². The average molecular weight is 373 g/mol. The summed E-state index contributed by atoms with van der Waals surface area (Å²) in [5.74, 6) is -0.432. The zero-order valence-electron chi connectivity index (χ0n) is 14.1. The summed E-state index contributed by atoms with van der Waals surface area (Å²) in [6, 6.07) is 0.883. The van der Waals surface area contributed by atoms with Crippen molar-refractivity contribution in [3.63, 3.8) is 0 Å². The molecule has 0 aliphatic rings. The van der Waals surface area contributed by atoms with E-state index in [4.69, 9.17) is 0 Å². The SMILES string of the molecule is Cc1cc(C(F)(C(F)(F)F)C(F)(F)F)cc(C)c1C(=O)CCN(C)C. The lowest BCUT2D eigenvalue weighted by Crippen LogP contribution is -2.50. The van der Waals surface area contributed by atoms with Gasteiger partial charge in [0.05, 0.1) is 0 Å². The van der Waals surface area contributed by atoms with Gasteiger partial charge < -0.3 is 4.90 Å². The third-order valence-corrected chi connectivity index (χ3v) is 3.78. The molecule has 0 bridgehead atoms. The van der Waals surface area contributed by atoms with Crippen LogP contribution in [0.4, 0.5) is 30.7 Å². The number of alkyl halides is 7. The highest BCUT2D eigenvalue weighted by Crippen LogP contribution is 2.53. The smallest absolute Gasteiger partial charge is 0.309 e.